The van der Waals surface area contributed by atoms with Crippen molar-refractivity contribution in [3.63, 3.8) is 0 Å². The molecule has 5 heteroatoms. The fourth-order valence-electron chi connectivity index (χ4n) is 5.97. The smallest absolute Gasteiger partial charge is 0.333 e. The highest BCUT2D eigenvalue weighted by Gasteiger charge is 2.46. The van der Waals surface area contributed by atoms with Crippen LogP contribution in [-0.2, 0) is 24.5 Å². The van der Waals surface area contributed by atoms with Crippen LogP contribution in [0.15, 0.2) is 120 Å². The van der Waals surface area contributed by atoms with Crippen molar-refractivity contribution in [3.05, 3.63) is 131 Å². The Hall–Kier alpha value is -4.48. The van der Waals surface area contributed by atoms with E-state index in [-0.39, 0.29) is 13.2 Å². The van der Waals surface area contributed by atoms with E-state index < -0.39 is 17.4 Å². The summed E-state index contributed by atoms with van der Waals surface area (Å²) in [5.74, 6) is -0.986. The lowest BCUT2D eigenvalue weighted by molar-refractivity contribution is -0.144. The van der Waals surface area contributed by atoms with E-state index >= 15 is 0 Å². The summed E-state index contributed by atoms with van der Waals surface area (Å²) in [5, 5.41) is 4.47. The maximum Gasteiger partial charge on any atom is 0.333 e. The Morgan fingerprint density at radius 2 is 1.14 bits per heavy atom. The molecule has 0 saturated heterocycles. The van der Waals surface area contributed by atoms with Gasteiger partial charge in [-0.05, 0) is 90.8 Å². The average Bonchev–Trinajstić information content (AvgIpc) is 3.28. The molecule has 0 atom stereocenters. The molecule has 5 aromatic carbocycles. The van der Waals surface area contributed by atoms with Gasteiger partial charge in [0, 0.05) is 15.6 Å². The molecule has 6 rings (SSSR count). The van der Waals surface area contributed by atoms with Gasteiger partial charge in [-0.2, -0.15) is 0 Å². The van der Waals surface area contributed by atoms with Crippen LogP contribution in [0.4, 0.5) is 0 Å². The molecule has 0 radical (unpaired) electrons. The van der Waals surface area contributed by atoms with Gasteiger partial charge in [-0.3, -0.25) is 0 Å². The van der Waals surface area contributed by atoms with Gasteiger partial charge in [0.15, 0.2) is 0 Å². The minimum atomic E-state index is -0.931. The first-order valence-corrected chi connectivity index (χ1v) is 14.5. The van der Waals surface area contributed by atoms with Crippen molar-refractivity contribution in [1.29, 1.82) is 0 Å². The minimum absolute atomic E-state index is 0.0164. The number of ether oxygens (including phenoxy) is 2. The van der Waals surface area contributed by atoms with Crippen molar-refractivity contribution in [3.8, 4) is 22.3 Å². The van der Waals surface area contributed by atoms with E-state index in [2.05, 4.69) is 89.8 Å². The van der Waals surface area contributed by atoms with Gasteiger partial charge in [0.2, 0.25) is 0 Å². The number of halogens is 1. The normalized spacial score (nSPS) is 12.9. The molecule has 0 spiro atoms. The number of carbonyl (C=O) groups is 2. The van der Waals surface area contributed by atoms with E-state index in [1.165, 1.54) is 0 Å². The van der Waals surface area contributed by atoms with Crippen LogP contribution in [0.2, 0.25) is 0 Å². The van der Waals surface area contributed by atoms with Crippen LogP contribution in [0.5, 0.6) is 0 Å². The molecule has 4 nitrogen and oxygen atoms in total. The number of benzene rings is 5. The van der Waals surface area contributed by atoms with Crippen molar-refractivity contribution in [2.24, 2.45) is 0 Å². The lowest BCUT2D eigenvalue weighted by Gasteiger charge is -2.31. The van der Waals surface area contributed by atoms with E-state index in [9.17, 15) is 9.59 Å². The Balaban J connectivity index is 1.62. The number of fused-ring (bicyclic) bond motifs is 5. The maximum absolute atomic E-state index is 12.7. The van der Waals surface area contributed by atoms with Gasteiger partial charge in [-0.25, -0.2) is 9.59 Å². The molecule has 0 aliphatic heterocycles. The molecule has 0 unspecified atom stereocenters. The summed E-state index contributed by atoms with van der Waals surface area (Å²) in [6, 6.07) is 31.2. The molecule has 0 fully saturated rings. The van der Waals surface area contributed by atoms with Gasteiger partial charge in [0.1, 0.15) is 13.2 Å². The molecular formula is C37H29BrO4. The number of carbonyl (C=O) groups excluding carboxylic acids is 2. The van der Waals surface area contributed by atoms with Crippen LogP contribution in [0.3, 0.4) is 0 Å². The monoisotopic (exact) mass is 616 g/mol. The molecule has 0 bridgehead atoms. The predicted octanol–water partition coefficient (Wildman–Crippen LogP) is 8.93. The molecular weight excluding hydrogens is 588 g/mol. The largest absolute Gasteiger partial charge is 0.461 e. The van der Waals surface area contributed by atoms with Crippen molar-refractivity contribution in [2.75, 3.05) is 13.2 Å². The number of hydrogen-bond donors (Lipinski definition) is 0. The summed E-state index contributed by atoms with van der Waals surface area (Å²) in [6.07, 6.45) is 0. The quantitative estimate of drug-likeness (QED) is 0.104. The number of hydrogen-bond acceptors (Lipinski definition) is 4. The summed E-state index contributed by atoms with van der Waals surface area (Å²) < 4.78 is 12.7. The summed E-state index contributed by atoms with van der Waals surface area (Å²) >= 11 is 3.86. The third kappa shape index (κ3) is 4.45. The summed E-state index contributed by atoms with van der Waals surface area (Å²) in [4.78, 5) is 25.4. The SMILES string of the molecule is C=C(C)C(=O)OCC1(COC(=O)C(=C)C)c2ccccc2-c2ccc(-c3c4ccccc4c(Br)c4ccccc34)cc21. The van der Waals surface area contributed by atoms with Crippen LogP contribution in [0, 0.1) is 0 Å². The highest BCUT2D eigenvalue weighted by molar-refractivity contribution is 9.10. The Labute approximate surface area is 253 Å². The standard InChI is InChI=1S/C37H29BrO4/c1-22(2)35(39)41-20-37(21-42-36(40)23(3)4)31-16-10-9-11-25(31)26-18-17-24(19-32(26)37)33-27-12-5-7-14-29(27)34(38)30-15-8-6-13-28(30)33/h5-19H,1,3,20-21H2,2,4H3. The highest BCUT2D eigenvalue weighted by Crippen LogP contribution is 2.52. The molecule has 0 saturated carbocycles. The number of rotatable bonds is 7. The molecule has 0 N–H and O–H groups in total. The Morgan fingerprint density at radius 1 is 0.667 bits per heavy atom. The number of esters is 2. The molecule has 5 aromatic rings. The zero-order valence-corrected chi connectivity index (χ0v) is 25.1. The molecule has 1 aliphatic carbocycles. The van der Waals surface area contributed by atoms with Gasteiger partial charge in [0.05, 0.1) is 5.41 Å². The second kappa shape index (κ2) is 10.7. The van der Waals surface area contributed by atoms with Crippen LogP contribution >= 0.6 is 15.9 Å². The van der Waals surface area contributed by atoms with Crippen molar-refractivity contribution in [1.82, 2.24) is 0 Å². The lowest BCUT2D eigenvalue weighted by Crippen LogP contribution is -2.38. The van der Waals surface area contributed by atoms with Crippen molar-refractivity contribution < 1.29 is 19.1 Å². The third-order valence-electron chi connectivity index (χ3n) is 8.02. The van der Waals surface area contributed by atoms with E-state index in [0.717, 1.165) is 59.4 Å². The Morgan fingerprint density at radius 3 is 1.69 bits per heavy atom. The average molecular weight is 618 g/mol. The second-order valence-electron chi connectivity index (χ2n) is 10.9. The van der Waals surface area contributed by atoms with Crippen LogP contribution in [-0.4, -0.2) is 25.2 Å². The van der Waals surface area contributed by atoms with Crippen molar-refractivity contribution >= 4 is 49.4 Å². The van der Waals surface area contributed by atoms with Crippen LogP contribution in [0.25, 0.3) is 43.8 Å². The third-order valence-corrected chi connectivity index (χ3v) is 8.87. The highest BCUT2D eigenvalue weighted by atomic mass is 79.9. The van der Waals surface area contributed by atoms with E-state index in [4.69, 9.17) is 9.47 Å². The first-order valence-electron chi connectivity index (χ1n) is 13.7. The first-order chi connectivity index (χ1) is 20.2. The molecule has 0 amide bonds. The Bertz CT molecular complexity index is 1860. The van der Waals surface area contributed by atoms with Gasteiger partial charge in [0.25, 0.3) is 0 Å². The maximum atomic E-state index is 12.7. The summed E-state index contributed by atoms with van der Waals surface area (Å²) in [7, 11) is 0. The van der Waals surface area contributed by atoms with Crippen LogP contribution < -0.4 is 0 Å². The van der Waals surface area contributed by atoms with Crippen LogP contribution in [0.1, 0.15) is 25.0 Å². The van der Waals surface area contributed by atoms with Crippen molar-refractivity contribution in [2.45, 2.75) is 19.3 Å². The predicted molar refractivity (Wildman–Crippen MR) is 172 cm³/mol. The van der Waals surface area contributed by atoms with E-state index in [1.807, 2.05) is 30.3 Å². The van der Waals surface area contributed by atoms with Gasteiger partial charge < -0.3 is 9.47 Å². The molecule has 1 aliphatic rings. The lowest BCUT2D eigenvalue weighted by atomic mass is 9.78. The summed E-state index contributed by atoms with van der Waals surface area (Å²) in [5.41, 5.74) is 5.69. The van der Waals surface area contributed by atoms with Gasteiger partial charge in [-0.15, -0.1) is 0 Å². The molecule has 0 aromatic heterocycles. The van der Waals surface area contributed by atoms with E-state index in [0.29, 0.717) is 11.1 Å². The van der Waals surface area contributed by atoms with Gasteiger partial charge in [-0.1, -0.05) is 98.1 Å². The Kier molecular flexibility index (Phi) is 7.07. The van der Waals surface area contributed by atoms with Gasteiger partial charge >= 0.3 is 11.9 Å². The second-order valence-corrected chi connectivity index (χ2v) is 11.7. The molecule has 0 heterocycles. The zero-order valence-electron chi connectivity index (χ0n) is 23.5. The fourth-order valence-corrected chi connectivity index (χ4v) is 6.67. The zero-order chi connectivity index (χ0) is 29.6. The summed E-state index contributed by atoms with van der Waals surface area (Å²) in [6.45, 7) is 10.7. The fraction of sp³-hybridized carbons (Fsp3) is 0.135. The first kappa shape index (κ1) is 27.7. The molecule has 208 valence electrons. The topological polar surface area (TPSA) is 52.6 Å². The minimum Gasteiger partial charge on any atom is -0.461 e. The molecule has 42 heavy (non-hydrogen) atoms. The van der Waals surface area contributed by atoms with E-state index in [1.54, 1.807) is 13.8 Å².